The van der Waals surface area contributed by atoms with Gasteiger partial charge in [-0.2, -0.15) is 4.31 Å². The first-order chi connectivity index (χ1) is 12.9. The molecule has 144 valence electrons. The van der Waals surface area contributed by atoms with Gasteiger partial charge >= 0.3 is 5.97 Å². The summed E-state index contributed by atoms with van der Waals surface area (Å²) in [4.78, 5) is 12.4. The Labute approximate surface area is 162 Å². The first-order valence-corrected chi connectivity index (χ1v) is 10.3. The molecule has 8 heteroatoms. The normalized spacial score (nSPS) is 18.2. The number of ether oxygens (including phenoxy) is 1. The van der Waals surface area contributed by atoms with E-state index in [0.29, 0.717) is 24.4 Å². The molecule has 0 saturated carbocycles. The maximum atomic E-state index is 13.1. The van der Waals surface area contributed by atoms with Crippen LogP contribution in [0.15, 0.2) is 53.4 Å². The standard InChI is InChI=1S/C19H19ClFNO4S/c20-16-5-1-3-14(11-16)13-26-19(23)15-4-2-10-22(12-15)27(24,25)18-8-6-17(21)7-9-18/h1,3,5-9,11,15H,2,4,10,12-13H2. The van der Waals surface area contributed by atoms with E-state index in [2.05, 4.69) is 0 Å². The van der Waals surface area contributed by atoms with Gasteiger partial charge in [0, 0.05) is 18.1 Å². The van der Waals surface area contributed by atoms with Gasteiger partial charge in [-0.1, -0.05) is 23.7 Å². The number of benzene rings is 2. The van der Waals surface area contributed by atoms with Gasteiger partial charge < -0.3 is 4.74 Å². The summed E-state index contributed by atoms with van der Waals surface area (Å²) in [6.45, 7) is 0.451. The van der Waals surface area contributed by atoms with Gasteiger partial charge in [-0.25, -0.2) is 12.8 Å². The monoisotopic (exact) mass is 411 g/mol. The fourth-order valence-electron chi connectivity index (χ4n) is 3.01. The summed E-state index contributed by atoms with van der Waals surface area (Å²) in [7, 11) is -3.78. The molecule has 2 aromatic rings. The zero-order valence-electron chi connectivity index (χ0n) is 14.5. The molecular weight excluding hydrogens is 393 g/mol. The molecule has 5 nitrogen and oxygen atoms in total. The Kier molecular flexibility index (Phi) is 6.14. The number of nitrogens with zero attached hydrogens (tertiary/aromatic N) is 1. The minimum Gasteiger partial charge on any atom is -0.461 e. The zero-order valence-corrected chi connectivity index (χ0v) is 16.0. The summed E-state index contributed by atoms with van der Waals surface area (Å²) < 4.78 is 45.1. The molecular formula is C19H19ClFNO4S. The Morgan fingerprint density at radius 3 is 2.67 bits per heavy atom. The smallest absolute Gasteiger partial charge is 0.310 e. The highest BCUT2D eigenvalue weighted by Crippen LogP contribution is 2.25. The van der Waals surface area contributed by atoms with Crippen LogP contribution in [0.25, 0.3) is 0 Å². The van der Waals surface area contributed by atoms with Gasteiger partial charge in [0.1, 0.15) is 12.4 Å². The van der Waals surface area contributed by atoms with Crippen molar-refractivity contribution in [3.63, 3.8) is 0 Å². The molecule has 0 radical (unpaired) electrons. The largest absolute Gasteiger partial charge is 0.461 e. The van der Waals surface area contributed by atoms with Gasteiger partial charge in [0.25, 0.3) is 0 Å². The Morgan fingerprint density at radius 2 is 1.96 bits per heavy atom. The predicted octanol–water partition coefficient (Wildman–Crippen LogP) is 3.62. The minimum absolute atomic E-state index is 0.0110. The molecule has 1 aliphatic heterocycles. The highest BCUT2D eigenvalue weighted by atomic mass is 35.5. The molecule has 1 aliphatic rings. The number of rotatable bonds is 5. The average molecular weight is 412 g/mol. The van der Waals surface area contributed by atoms with Gasteiger partial charge in [-0.3, -0.25) is 4.79 Å². The number of piperidine rings is 1. The van der Waals surface area contributed by atoms with Crippen molar-refractivity contribution in [1.29, 1.82) is 0 Å². The molecule has 0 amide bonds. The van der Waals surface area contributed by atoms with Crippen LogP contribution in [-0.4, -0.2) is 31.8 Å². The van der Waals surface area contributed by atoms with Crippen molar-refractivity contribution in [2.75, 3.05) is 13.1 Å². The van der Waals surface area contributed by atoms with Crippen molar-refractivity contribution in [2.45, 2.75) is 24.3 Å². The molecule has 1 saturated heterocycles. The SMILES string of the molecule is O=C(OCc1cccc(Cl)c1)C1CCCN(S(=O)(=O)c2ccc(F)cc2)C1. The second-order valence-electron chi connectivity index (χ2n) is 6.39. The van der Waals surface area contributed by atoms with Gasteiger partial charge in [0.05, 0.1) is 10.8 Å². The van der Waals surface area contributed by atoms with Crippen molar-refractivity contribution in [3.8, 4) is 0 Å². The van der Waals surface area contributed by atoms with E-state index in [-0.39, 0.29) is 18.0 Å². The maximum Gasteiger partial charge on any atom is 0.310 e. The van der Waals surface area contributed by atoms with Gasteiger partial charge in [-0.15, -0.1) is 0 Å². The number of hydrogen-bond acceptors (Lipinski definition) is 4. The summed E-state index contributed by atoms with van der Waals surface area (Å²) in [5.74, 6) is -1.47. The predicted molar refractivity (Wildman–Crippen MR) is 99.1 cm³/mol. The number of hydrogen-bond donors (Lipinski definition) is 0. The molecule has 0 spiro atoms. The van der Waals surface area contributed by atoms with Crippen LogP contribution in [0.3, 0.4) is 0 Å². The molecule has 0 aliphatic carbocycles. The molecule has 1 fully saturated rings. The Hall–Kier alpha value is -1.96. The zero-order chi connectivity index (χ0) is 19.4. The minimum atomic E-state index is -3.78. The Bertz CT molecular complexity index is 918. The Balaban J connectivity index is 1.64. The molecule has 27 heavy (non-hydrogen) atoms. The van der Waals surface area contributed by atoms with Crippen molar-refractivity contribution < 1.29 is 22.3 Å². The summed E-state index contributed by atoms with van der Waals surface area (Å²) in [6, 6.07) is 11.7. The van der Waals surface area contributed by atoms with Crippen LogP contribution in [0, 0.1) is 11.7 Å². The van der Waals surface area contributed by atoms with Crippen LogP contribution in [0.4, 0.5) is 4.39 Å². The molecule has 1 heterocycles. The van der Waals surface area contributed by atoms with E-state index in [4.69, 9.17) is 16.3 Å². The fourth-order valence-corrected chi connectivity index (χ4v) is 4.74. The molecule has 2 aromatic carbocycles. The summed E-state index contributed by atoms with van der Waals surface area (Å²) >= 11 is 5.91. The second-order valence-corrected chi connectivity index (χ2v) is 8.77. The number of sulfonamides is 1. The first-order valence-electron chi connectivity index (χ1n) is 8.53. The number of carbonyl (C=O) groups excluding carboxylic acids is 1. The second kappa shape index (κ2) is 8.37. The third-order valence-corrected chi connectivity index (χ3v) is 6.55. The van der Waals surface area contributed by atoms with Crippen LogP contribution in [-0.2, 0) is 26.2 Å². The van der Waals surface area contributed by atoms with Crippen LogP contribution in [0.1, 0.15) is 18.4 Å². The number of halogens is 2. The van der Waals surface area contributed by atoms with E-state index in [1.165, 1.54) is 16.4 Å². The lowest BCUT2D eigenvalue weighted by Crippen LogP contribution is -2.42. The fraction of sp³-hybridized carbons (Fsp3) is 0.316. The third kappa shape index (κ3) is 4.86. The van der Waals surface area contributed by atoms with Crippen molar-refractivity contribution >= 4 is 27.6 Å². The van der Waals surface area contributed by atoms with Gasteiger partial charge in [0.2, 0.25) is 10.0 Å². The molecule has 0 aromatic heterocycles. The lowest BCUT2D eigenvalue weighted by Gasteiger charge is -2.30. The van der Waals surface area contributed by atoms with Crippen LogP contribution in [0.5, 0.6) is 0 Å². The summed E-state index contributed by atoms with van der Waals surface area (Å²) in [6.07, 6.45) is 1.11. The number of carbonyl (C=O) groups is 1. The maximum absolute atomic E-state index is 13.1. The highest BCUT2D eigenvalue weighted by Gasteiger charge is 2.34. The highest BCUT2D eigenvalue weighted by molar-refractivity contribution is 7.89. The van der Waals surface area contributed by atoms with Crippen molar-refractivity contribution in [1.82, 2.24) is 4.31 Å². The van der Waals surface area contributed by atoms with Crippen LogP contribution >= 0.6 is 11.6 Å². The average Bonchev–Trinajstić information content (AvgIpc) is 2.66. The van der Waals surface area contributed by atoms with Gasteiger partial charge in [-0.05, 0) is 54.8 Å². The van der Waals surface area contributed by atoms with Crippen molar-refractivity contribution in [3.05, 3.63) is 64.9 Å². The lowest BCUT2D eigenvalue weighted by molar-refractivity contribution is -0.151. The van der Waals surface area contributed by atoms with Crippen molar-refractivity contribution in [2.24, 2.45) is 5.92 Å². The van der Waals surface area contributed by atoms with E-state index < -0.39 is 27.7 Å². The topological polar surface area (TPSA) is 63.7 Å². The van der Waals surface area contributed by atoms with E-state index in [0.717, 1.165) is 17.7 Å². The third-order valence-electron chi connectivity index (χ3n) is 4.44. The molecule has 1 atom stereocenters. The quantitative estimate of drug-likeness (QED) is 0.705. The lowest BCUT2D eigenvalue weighted by atomic mass is 10.00. The molecule has 3 rings (SSSR count). The molecule has 1 unspecified atom stereocenters. The van der Waals surface area contributed by atoms with E-state index >= 15 is 0 Å². The Morgan fingerprint density at radius 1 is 1.22 bits per heavy atom. The molecule has 0 bridgehead atoms. The number of esters is 1. The van der Waals surface area contributed by atoms with E-state index in [1.807, 2.05) is 0 Å². The van der Waals surface area contributed by atoms with Gasteiger partial charge in [0.15, 0.2) is 0 Å². The summed E-state index contributed by atoms with van der Waals surface area (Å²) in [5, 5.41) is 0.554. The van der Waals surface area contributed by atoms with Crippen LogP contribution < -0.4 is 0 Å². The van der Waals surface area contributed by atoms with Crippen LogP contribution in [0.2, 0.25) is 5.02 Å². The molecule has 0 N–H and O–H groups in total. The van der Waals surface area contributed by atoms with E-state index in [9.17, 15) is 17.6 Å². The van der Waals surface area contributed by atoms with E-state index in [1.54, 1.807) is 24.3 Å². The first kappa shape index (κ1) is 19.8. The summed E-state index contributed by atoms with van der Waals surface area (Å²) in [5.41, 5.74) is 0.766.